The maximum Gasteiger partial charge on any atom is 0.306 e. The van der Waals surface area contributed by atoms with Crippen LogP contribution in [0.25, 0.3) is 0 Å². The zero-order valence-electron chi connectivity index (χ0n) is 17.0. The number of hydrogen-bond donors (Lipinski definition) is 1. The second-order valence-corrected chi connectivity index (χ2v) is 10.4. The number of carbonyl (C=O) groups is 1. The van der Waals surface area contributed by atoms with Gasteiger partial charge in [0.2, 0.25) is 0 Å². The van der Waals surface area contributed by atoms with Gasteiger partial charge in [0, 0.05) is 11.8 Å². The topological polar surface area (TPSA) is 46.5 Å². The number of aliphatic hydroxyl groups is 1. The Morgan fingerprint density at radius 1 is 1.08 bits per heavy atom. The predicted octanol–water partition coefficient (Wildman–Crippen LogP) is 5.10. The highest BCUT2D eigenvalue weighted by Crippen LogP contribution is 2.65. The highest BCUT2D eigenvalue weighted by Gasteiger charge is 2.62. The van der Waals surface area contributed by atoms with Gasteiger partial charge in [-0.15, -0.1) is 0 Å². The van der Waals surface area contributed by atoms with Gasteiger partial charge in [0.25, 0.3) is 0 Å². The highest BCUT2D eigenvalue weighted by atomic mass is 16.5. The van der Waals surface area contributed by atoms with Crippen molar-refractivity contribution in [2.24, 2.45) is 34.5 Å². The summed E-state index contributed by atoms with van der Waals surface area (Å²) in [6.45, 7) is 7.04. The second-order valence-electron chi connectivity index (χ2n) is 10.4. The Labute approximate surface area is 159 Å². The van der Waals surface area contributed by atoms with E-state index in [0.717, 1.165) is 25.2 Å². The molecule has 0 unspecified atom stereocenters. The molecule has 1 heterocycles. The molecule has 148 valence electrons. The van der Waals surface area contributed by atoms with Crippen molar-refractivity contribution in [1.29, 1.82) is 0 Å². The molecule has 4 fully saturated rings. The van der Waals surface area contributed by atoms with E-state index in [4.69, 9.17) is 4.74 Å². The molecule has 0 aromatic carbocycles. The molecule has 0 aromatic heterocycles. The molecule has 3 saturated carbocycles. The number of rotatable bonds is 4. The number of hydrogen-bond acceptors (Lipinski definition) is 3. The third-order valence-corrected chi connectivity index (χ3v) is 9.19. The molecule has 4 aliphatic rings. The Morgan fingerprint density at radius 3 is 2.62 bits per heavy atom. The summed E-state index contributed by atoms with van der Waals surface area (Å²) in [4.78, 5) is 12.1. The average Bonchev–Trinajstić information content (AvgIpc) is 2.92. The third kappa shape index (κ3) is 2.75. The number of esters is 1. The first-order valence-electron chi connectivity index (χ1n) is 11.3. The Morgan fingerprint density at radius 2 is 1.85 bits per heavy atom. The van der Waals surface area contributed by atoms with E-state index in [-0.39, 0.29) is 29.0 Å². The van der Waals surface area contributed by atoms with Gasteiger partial charge < -0.3 is 9.84 Å². The molecule has 0 bridgehead atoms. The number of fused-ring (bicyclic) bond motifs is 5. The van der Waals surface area contributed by atoms with E-state index in [1.165, 1.54) is 44.9 Å². The molecule has 3 heteroatoms. The fraction of sp³-hybridized carbons (Fsp3) is 0.957. The van der Waals surface area contributed by atoms with Crippen molar-refractivity contribution in [2.45, 2.75) is 104 Å². The summed E-state index contributed by atoms with van der Waals surface area (Å²) in [5.41, 5.74) is 0.284. The lowest BCUT2D eigenvalue weighted by molar-refractivity contribution is -0.208. The van der Waals surface area contributed by atoms with Gasteiger partial charge in [-0.25, -0.2) is 0 Å². The van der Waals surface area contributed by atoms with Crippen molar-refractivity contribution in [2.75, 3.05) is 0 Å². The van der Waals surface area contributed by atoms with Crippen LogP contribution in [-0.4, -0.2) is 23.3 Å². The third-order valence-electron chi connectivity index (χ3n) is 9.19. The zero-order valence-corrected chi connectivity index (χ0v) is 17.0. The molecule has 3 aliphatic carbocycles. The first-order chi connectivity index (χ1) is 12.4. The molecule has 1 N–H and O–H groups in total. The highest BCUT2D eigenvalue weighted by molar-refractivity contribution is 5.70. The van der Waals surface area contributed by atoms with Crippen molar-refractivity contribution in [1.82, 2.24) is 0 Å². The Balaban J connectivity index is 1.63. The minimum Gasteiger partial charge on any atom is -0.461 e. The summed E-state index contributed by atoms with van der Waals surface area (Å²) in [6, 6.07) is 0. The van der Waals surface area contributed by atoms with Gasteiger partial charge in [-0.2, -0.15) is 0 Å². The average molecular weight is 363 g/mol. The Bertz CT molecular complexity index is 546. The van der Waals surface area contributed by atoms with Gasteiger partial charge in [-0.1, -0.05) is 40.0 Å². The lowest BCUT2D eigenvalue weighted by Gasteiger charge is -2.61. The molecular formula is C23H38O3. The summed E-state index contributed by atoms with van der Waals surface area (Å²) in [7, 11) is 0. The van der Waals surface area contributed by atoms with Gasteiger partial charge in [-0.05, 0) is 74.0 Å². The van der Waals surface area contributed by atoms with Gasteiger partial charge >= 0.3 is 5.97 Å². The quantitative estimate of drug-likeness (QED) is 0.559. The van der Waals surface area contributed by atoms with E-state index in [0.29, 0.717) is 24.2 Å². The van der Waals surface area contributed by atoms with Crippen LogP contribution in [0.2, 0.25) is 0 Å². The fourth-order valence-corrected chi connectivity index (χ4v) is 7.69. The van der Waals surface area contributed by atoms with Crippen LogP contribution in [0.5, 0.6) is 0 Å². The van der Waals surface area contributed by atoms with Crippen molar-refractivity contribution < 1.29 is 14.6 Å². The molecule has 0 spiro atoms. The number of aliphatic hydroxyl groups excluding tert-OH is 1. The molecule has 0 radical (unpaired) electrons. The predicted molar refractivity (Wildman–Crippen MR) is 103 cm³/mol. The maximum atomic E-state index is 12.1. The molecule has 0 amide bonds. The van der Waals surface area contributed by atoms with E-state index in [1.54, 1.807) is 0 Å². The van der Waals surface area contributed by atoms with Gasteiger partial charge in [0.05, 0.1) is 6.10 Å². The Hall–Kier alpha value is -0.570. The molecule has 1 saturated heterocycles. The minimum atomic E-state index is -0.110. The summed E-state index contributed by atoms with van der Waals surface area (Å²) in [5, 5.41) is 10.7. The van der Waals surface area contributed by atoms with E-state index < -0.39 is 0 Å². The van der Waals surface area contributed by atoms with Crippen LogP contribution in [-0.2, 0) is 9.53 Å². The van der Waals surface area contributed by atoms with Crippen LogP contribution in [0, 0.1) is 34.5 Å². The molecule has 1 aliphatic heterocycles. The van der Waals surface area contributed by atoms with Crippen molar-refractivity contribution in [3.8, 4) is 0 Å². The van der Waals surface area contributed by atoms with E-state index >= 15 is 0 Å². The number of carbonyl (C=O) groups excluding carboxylic acids is 1. The maximum absolute atomic E-state index is 12.1. The Kier molecular flexibility index (Phi) is 4.91. The van der Waals surface area contributed by atoms with Crippen LogP contribution in [0.3, 0.4) is 0 Å². The lowest BCUT2D eigenvalue weighted by atomic mass is 9.46. The lowest BCUT2D eigenvalue weighted by Crippen LogP contribution is -2.59. The van der Waals surface area contributed by atoms with Crippen LogP contribution in [0.1, 0.15) is 91.4 Å². The second kappa shape index (κ2) is 6.79. The number of unbranched alkanes of at least 4 members (excludes halogenated alkanes) is 2. The summed E-state index contributed by atoms with van der Waals surface area (Å²) < 4.78 is 6.05. The smallest absolute Gasteiger partial charge is 0.306 e. The summed E-state index contributed by atoms with van der Waals surface area (Å²) in [6.07, 6.45) is 12.4. The zero-order chi connectivity index (χ0) is 18.5. The van der Waals surface area contributed by atoms with Gasteiger partial charge in [-0.3, -0.25) is 4.79 Å². The van der Waals surface area contributed by atoms with Crippen molar-refractivity contribution in [3.05, 3.63) is 0 Å². The van der Waals surface area contributed by atoms with Gasteiger partial charge in [0.1, 0.15) is 6.10 Å². The minimum absolute atomic E-state index is 0.0309. The summed E-state index contributed by atoms with van der Waals surface area (Å²) >= 11 is 0. The van der Waals surface area contributed by atoms with E-state index in [2.05, 4.69) is 20.8 Å². The monoisotopic (exact) mass is 362 g/mol. The normalized spacial score (nSPS) is 50.5. The van der Waals surface area contributed by atoms with E-state index in [9.17, 15) is 9.90 Å². The molecule has 26 heavy (non-hydrogen) atoms. The standard InChI is InChI=1S/C23H38O3/c1-4-5-6-7-15-14-16-17-8-9-19(24)22(17,2)12-10-18(16)23(3)13-11-20(25)26-21(15)23/h15-19,21,24H,4-14H2,1-3H3/t15-,16-,17-,18-,19-,21-,22-,23+/m0/s1. The summed E-state index contributed by atoms with van der Waals surface area (Å²) in [5.74, 6) is 2.61. The van der Waals surface area contributed by atoms with Crippen LogP contribution in [0.15, 0.2) is 0 Å². The fourth-order valence-electron chi connectivity index (χ4n) is 7.69. The first-order valence-corrected chi connectivity index (χ1v) is 11.3. The molecular weight excluding hydrogens is 324 g/mol. The van der Waals surface area contributed by atoms with Crippen molar-refractivity contribution >= 4 is 5.97 Å². The molecule has 0 aromatic rings. The molecule has 4 rings (SSSR count). The first kappa shape index (κ1) is 18.8. The molecule has 8 atom stereocenters. The van der Waals surface area contributed by atoms with Crippen LogP contribution in [0.4, 0.5) is 0 Å². The SMILES string of the molecule is CCCCC[C@H]1C[C@H]2[C@@H]3CC[C@H](O)[C@@]3(C)CC[C@@H]2[C@@]2(C)CCC(=O)O[C@@H]12. The van der Waals surface area contributed by atoms with E-state index in [1.807, 2.05) is 0 Å². The van der Waals surface area contributed by atoms with Crippen LogP contribution >= 0.6 is 0 Å². The molecule has 3 nitrogen and oxygen atoms in total. The van der Waals surface area contributed by atoms with Crippen LogP contribution < -0.4 is 0 Å². The number of ether oxygens (including phenoxy) is 1. The largest absolute Gasteiger partial charge is 0.461 e. The van der Waals surface area contributed by atoms with Gasteiger partial charge in [0.15, 0.2) is 0 Å². The van der Waals surface area contributed by atoms with Crippen molar-refractivity contribution in [3.63, 3.8) is 0 Å².